The molecular formula is C15H22N2O2S. The van der Waals surface area contributed by atoms with Gasteiger partial charge in [0.25, 0.3) is 5.91 Å². The molecule has 1 fully saturated rings. The third-order valence-electron chi connectivity index (χ3n) is 4.00. The van der Waals surface area contributed by atoms with Crippen molar-refractivity contribution < 1.29 is 9.53 Å². The fourth-order valence-electron chi connectivity index (χ4n) is 2.88. The molecule has 0 radical (unpaired) electrons. The van der Waals surface area contributed by atoms with Gasteiger partial charge in [0.15, 0.2) is 0 Å². The fraction of sp³-hybridized carbons (Fsp3) is 0.667. The topological polar surface area (TPSA) is 50.4 Å². The Labute approximate surface area is 123 Å². The van der Waals surface area contributed by atoms with Crippen molar-refractivity contribution in [3.8, 4) is 0 Å². The van der Waals surface area contributed by atoms with Crippen molar-refractivity contribution >= 4 is 17.2 Å². The maximum absolute atomic E-state index is 12.0. The van der Waals surface area contributed by atoms with E-state index in [1.54, 1.807) is 11.3 Å². The molecule has 3 rings (SSSR count). The first-order chi connectivity index (χ1) is 9.83. The van der Waals surface area contributed by atoms with Crippen molar-refractivity contribution in [2.24, 2.45) is 0 Å². The van der Waals surface area contributed by atoms with E-state index in [-0.39, 0.29) is 5.91 Å². The number of aryl methyl sites for hydroxylation is 2. The Morgan fingerprint density at radius 1 is 1.40 bits per heavy atom. The molecule has 1 aromatic rings. The maximum atomic E-state index is 12.0. The van der Waals surface area contributed by atoms with E-state index in [4.69, 9.17) is 4.74 Å². The highest BCUT2D eigenvalue weighted by atomic mass is 32.1. The molecule has 0 spiro atoms. The van der Waals surface area contributed by atoms with E-state index in [1.165, 1.54) is 16.9 Å². The van der Waals surface area contributed by atoms with Gasteiger partial charge in [0.05, 0.1) is 17.6 Å². The van der Waals surface area contributed by atoms with Crippen LogP contribution in [0, 0.1) is 0 Å². The molecule has 110 valence electrons. The largest absolute Gasteiger partial charge is 0.376 e. The van der Waals surface area contributed by atoms with Gasteiger partial charge in [-0.25, -0.2) is 0 Å². The molecule has 0 aromatic carbocycles. The van der Waals surface area contributed by atoms with Crippen LogP contribution in [0.3, 0.4) is 0 Å². The van der Waals surface area contributed by atoms with Crippen LogP contribution in [0.2, 0.25) is 0 Å². The third-order valence-corrected chi connectivity index (χ3v) is 5.23. The summed E-state index contributed by atoms with van der Waals surface area (Å²) in [5.41, 5.74) is 1.38. The van der Waals surface area contributed by atoms with Crippen LogP contribution < -0.4 is 10.6 Å². The highest BCUT2D eigenvalue weighted by Crippen LogP contribution is 2.30. The summed E-state index contributed by atoms with van der Waals surface area (Å²) in [6.45, 7) is 3.29. The standard InChI is InChI=1S/C15H22N2O2S/c18-15(14-10-11-2-1-3-13(11)20-14)17-8-9-19-12-4-6-16-7-5-12/h10,12,16H,1-9H2,(H,17,18). The molecule has 4 nitrogen and oxygen atoms in total. The van der Waals surface area contributed by atoms with E-state index in [0.29, 0.717) is 19.3 Å². The molecule has 1 aliphatic heterocycles. The number of amides is 1. The van der Waals surface area contributed by atoms with Crippen molar-refractivity contribution in [3.63, 3.8) is 0 Å². The van der Waals surface area contributed by atoms with Gasteiger partial charge in [0, 0.05) is 11.4 Å². The number of carbonyl (C=O) groups excluding carboxylic acids is 1. The van der Waals surface area contributed by atoms with E-state index in [1.807, 2.05) is 0 Å². The van der Waals surface area contributed by atoms with E-state index in [2.05, 4.69) is 16.7 Å². The van der Waals surface area contributed by atoms with Gasteiger partial charge in [-0.2, -0.15) is 0 Å². The second-order valence-corrected chi connectivity index (χ2v) is 6.63. The number of thiophene rings is 1. The molecule has 1 aromatic heterocycles. The minimum atomic E-state index is 0.0540. The normalized spacial score (nSPS) is 19.0. The van der Waals surface area contributed by atoms with Crippen LogP contribution in [0.15, 0.2) is 6.07 Å². The molecule has 20 heavy (non-hydrogen) atoms. The Morgan fingerprint density at radius 3 is 3.05 bits per heavy atom. The molecule has 2 heterocycles. The lowest BCUT2D eigenvalue weighted by atomic mass is 10.1. The van der Waals surface area contributed by atoms with Gasteiger partial charge >= 0.3 is 0 Å². The minimum Gasteiger partial charge on any atom is -0.376 e. The van der Waals surface area contributed by atoms with Gasteiger partial charge in [-0.05, 0) is 56.8 Å². The number of nitrogens with one attached hydrogen (secondary N) is 2. The van der Waals surface area contributed by atoms with E-state index in [9.17, 15) is 4.79 Å². The second kappa shape index (κ2) is 6.70. The second-order valence-electron chi connectivity index (χ2n) is 5.49. The Balaban J connectivity index is 1.38. The SMILES string of the molecule is O=C(NCCOC1CCNCC1)c1cc2c(s1)CCC2. The first-order valence-electron chi connectivity index (χ1n) is 7.55. The average molecular weight is 294 g/mol. The maximum Gasteiger partial charge on any atom is 0.261 e. The lowest BCUT2D eigenvalue weighted by molar-refractivity contribution is 0.0343. The summed E-state index contributed by atoms with van der Waals surface area (Å²) in [7, 11) is 0. The molecule has 1 saturated heterocycles. The van der Waals surface area contributed by atoms with Gasteiger partial charge in [-0.3, -0.25) is 4.79 Å². The molecule has 1 amide bonds. The Bertz CT molecular complexity index is 445. The molecular weight excluding hydrogens is 272 g/mol. The van der Waals surface area contributed by atoms with Gasteiger partial charge in [0.2, 0.25) is 0 Å². The number of piperidine rings is 1. The Hall–Kier alpha value is -0.910. The first kappa shape index (κ1) is 14.0. The van der Waals surface area contributed by atoms with Crippen LogP contribution >= 0.6 is 11.3 Å². The number of carbonyl (C=O) groups is 1. The minimum absolute atomic E-state index is 0.0540. The number of hydrogen-bond acceptors (Lipinski definition) is 4. The quantitative estimate of drug-likeness (QED) is 0.813. The van der Waals surface area contributed by atoms with Crippen molar-refractivity contribution in [3.05, 3.63) is 21.4 Å². The zero-order valence-corrected chi connectivity index (χ0v) is 12.6. The zero-order chi connectivity index (χ0) is 13.8. The van der Waals surface area contributed by atoms with Crippen LogP contribution in [0.25, 0.3) is 0 Å². The molecule has 5 heteroatoms. The molecule has 0 saturated carbocycles. The van der Waals surface area contributed by atoms with Crippen molar-refractivity contribution in [1.82, 2.24) is 10.6 Å². The summed E-state index contributed by atoms with van der Waals surface area (Å²) in [4.78, 5) is 14.3. The van der Waals surface area contributed by atoms with Crippen LogP contribution in [0.4, 0.5) is 0 Å². The smallest absolute Gasteiger partial charge is 0.261 e. The van der Waals surface area contributed by atoms with E-state index < -0.39 is 0 Å². The number of rotatable bonds is 5. The highest BCUT2D eigenvalue weighted by molar-refractivity contribution is 7.14. The summed E-state index contributed by atoms with van der Waals surface area (Å²) in [6, 6.07) is 2.07. The van der Waals surface area contributed by atoms with Crippen molar-refractivity contribution in [1.29, 1.82) is 0 Å². The van der Waals surface area contributed by atoms with Gasteiger partial charge in [-0.1, -0.05) is 0 Å². The van der Waals surface area contributed by atoms with Crippen molar-refractivity contribution in [2.75, 3.05) is 26.2 Å². The average Bonchev–Trinajstić information content (AvgIpc) is 3.05. The van der Waals surface area contributed by atoms with Crippen LogP contribution in [-0.4, -0.2) is 38.3 Å². The molecule has 1 aliphatic carbocycles. The molecule has 2 N–H and O–H groups in total. The zero-order valence-electron chi connectivity index (χ0n) is 11.7. The van der Waals surface area contributed by atoms with Gasteiger partial charge in [-0.15, -0.1) is 11.3 Å². The number of hydrogen-bond donors (Lipinski definition) is 2. The Kier molecular flexibility index (Phi) is 4.70. The highest BCUT2D eigenvalue weighted by Gasteiger charge is 2.18. The lowest BCUT2D eigenvalue weighted by Gasteiger charge is -2.22. The molecule has 0 unspecified atom stereocenters. The summed E-state index contributed by atoms with van der Waals surface area (Å²) in [6.07, 6.45) is 6.03. The number of ether oxygens (including phenoxy) is 1. The molecule has 2 aliphatic rings. The van der Waals surface area contributed by atoms with Gasteiger partial charge < -0.3 is 15.4 Å². The monoisotopic (exact) mass is 294 g/mol. The predicted octanol–water partition coefficient (Wildman–Crippen LogP) is 1.74. The summed E-state index contributed by atoms with van der Waals surface area (Å²) < 4.78 is 5.78. The fourth-order valence-corrected chi connectivity index (χ4v) is 4.05. The molecule has 0 atom stereocenters. The predicted molar refractivity (Wildman–Crippen MR) is 80.5 cm³/mol. The first-order valence-corrected chi connectivity index (χ1v) is 8.36. The van der Waals surface area contributed by atoms with Crippen LogP contribution in [-0.2, 0) is 17.6 Å². The molecule has 0 bridgehead atoms. The summed E-state index contributed by atoms with van der Waals surface area (Å²) in [5.74, 6) is 0.0540. The van der Waals surface area contributed by atoms with Gasteiger partial charge in [0.1, 0.15) is 0 Å². The Morgan fingerprint density at radius 2 is 2.25 bits per heavy atom. The summed E-state index contributed by atoms with van der Waals surface area (Å²) in [5, 5.41) is 6.27. The van der Waals surface area contributed by atoms with Crippen LogP contribution in [0.1, 0.15) is 39.4 Å². The third kappa shape index (κ3) is 3.40. The van der Waals surface area contributed by atoms with Crippen molar-refractivity contribution in [2.45, 2.75) is 38.2 Å². The van der Waals surface area contributed by atoms with Crippen LogP contribution in [0.5, 0.6) is 0 Å². The summed E-state index contributed by atoms with van der Waals surface area (Å²) >= 11 is 1.66. The lowest BCUT2D eigenvalue weighted by Crippen LogP contribution is -2.34. The number of fused-ring (bicyclic) bond motifs is 1. The van der Waals surface area contributed by atoms with E-state index in [0.717, 1.165) is 43.6 Å². The van der Waals surface area contributed by atoms with E-state index >= 15 is 0 Å².